The maximum absolute atomic E-state index is 3.52. The Morgan fingerprint density at radius 2 is 1.87 bits per heavy atom. The SMILES string of the molecule is CC1(C2(C)CC3CCC2C3)C=CC=C(Nc2ccccc2)C=C1. The second-order valence-corrected chi connectivity index (χ2v) is 8.09. The summed E-state index contributed by atoms with van der Waals surface area (Å²) in [6.45, 7) is 4.96. The molecule has 4 atom stereocenters. The first-order valence-electron chi connectivity index (χ1n) is 9.00. The molecule has 1 N–H and O–H groups in total. The van der Waals surface area contributed by atoms with Gasteiger partial charge in [-0.05, 0) is 60.8 Å². The fraction of sp³-hybridized carbons (Fsp3) is 0.455. The summed E-state index contributed by atoms with van der Waals surface area (Å²) in [5.74, 6) is 1.87. The fourth-order valence-electron chi connectivity index (χ4n) is 5.14. The van der Waals surface area contributed by atoms with Crippen molar-refractivity contribution in [2.24, 2.45) is 22.7 Å². The van der Waals surface area contributed by atoms with Crippen LogP contribution in [-0.2, 0) is 0 Å². The molecule has 1 nitrogen and oxygen atoms in total. The van der Waals surface area contributed by atoms with Crippen LogP contribution in [0.4, 0.5) is 5.69 Å². The summed E-state index contributed by atoms with van der Waals surface area (Å²) in [4.78, 5) is 0. The number of anilines is 1. The van der Waals surface area contributed by atoms with Crippen LogP contribution in [0, 0.1) is 22.7 Å². The molecule has 0 amide bonds. The molecule has 120 valence electrons. The molecule has 1 aromatic carbocycles. The molecule has 4 rings (SSSR count). The van der Waals surface area contributed by atoms with Gasteiger partial charge in [-0.25, -0.2) is 0 Å². The van der Waals surface area contributed by atoms with Gasteiger partial charge < -0.3 is 5.32 Å². The molecule has 0 aliphatic heterocycles. The third-order valence-corrected chi connectivity index (χ3v) is 6.78. The summed E-state index contributed by atoms with van der Waals surface area (Å²) in [7, 11) is 0. The number of hydrogen-bond donors (Lipinski definition) is 1. The van der Waals surface area contributed by atoms with Gasteiger partial charge in [-0.15, -0.1) is 0 Å². The third kappa shape index (κ3) is 2.47. The van der Waals surface area contributed by atoms with E-state index in [1.165, 1.54) is 31.4 Å². The van der Waals surface area contributed by atoms with E-state index in [0.29, 0.717) is 5.41 Å². The van der Waals surface area contributed by atoms with E-state index in [1.807, 2.05) is 0 Å². The molecule has 0 heterocycles. The van der Waals surface area contributed by atoms with E-state index in [0.717, 1.165) is 17.5 Å². The largest absolute Gasteiger partial charge is 0.356 e. The van der Waals surface area contributed by atoms with E-state index in [2.05, 4.69) is 79.9 Å². The van der Waals surface area contributed by atoms with Gasteiger partial charge in [0.1, 0.15) is 0 Å². The molecule has 4 unspecified atom stereocenters. The molecule has 1 heteroatoms. The second kappa shape index (κ2) is 5.40. The molecule has 0 aromatic heterocycles. The molecular weight excluding hydrogens is 278 g/mol. The van der Waals surface area contributed by atoms with Crippen LogP contribution >= 0.6 is 0 Å². The molecular formula is C22H27N. The van der Waals surface area contributed by atoms with E-state index >= 15 is 0 Å². The van der Waals surface area contributed by atoms with Gasteiger partial charge in [0, 0.05) is 16.8 Å². The quantitative estimate of drug-likeness (QED) is 0.728. The van der Waals surface area contributed by atoms with Gasteiger partial charge in [0.2, 0.25) is 0 Å². The average molecular weight is 305 g/mol. The van der Waals surface area contributed by atoms with Crippen molar-refractivity contribution in [3.8, 4) is 0 Å². The lowest BCUT2D eigenvalue weighted by Crippen LogP contribution is -2.39. The molecule has 0 spiro atoms. The minimum absolute atomic E-state index is 0.156. The Morgan fingerprint density at radius 3 is 2.57 bits per heavy atom. The Kier molecular flexibility index (Phi) is 3.48. The van der Waals surface area contributed by atoms with Crippen molar-refractivity contribution in [3.63, 3.8) is 0 Å². The number of benzene rings is 1. The smallest absolute Gasteiger partial charge is 0.0384 e. The third-order valence-electron chi connectivity index (χ3n) is 6.78. The molecule has 0 radical (unpaired) electrons. The summed E-state index contributed by atoms with van der Waals surface area (Å²) in [5, 5.41) is 3.52. The molecule has 2 bridgehead atoms. The number of fused-ring (bicyclic) bond motifs is 2. The van der Waals surface area contributed by atoms with Gasteiger partial charge in [-0.1, -0.05) is 56.7 Å². The lowest BCUT2D eigenvalue weighted by atomic mass is 9.58. The topological polar surface area (TPSA) is 12.0 Å². The van der Waals surface area contributed by atoms with E-state index in [-0.39, 0.29) is 5.41 Å². The van der Waals surface area contributed by atoms with Crippen molar-refractivity contribution in [2.45, 2.75) is 39.5 Å². The predicted molar refractivity (Wildman–Crippen MR) is 98.1 cm³/mol. The van der Waals surface area contributed by atoms with E-state index in [1.54, 1.807) is 0 Å². The highest BCUT2D eigenvalue weighted by Crippen LogP contribution is 2.64. The van der Waals surface area contributed by atoms with Gasteiger partial charge in [-0.3, -0.25) is 0 Å². The average Bonchev–Trinajstić information content (AvgIpc) is 3.09. The highest BCUT2D eigenvalue weighted by atomic mass is 14.9. The van der Waals surface area contributed by atoms with Crippen molar-refractivity contribution in [3.05, 3.63) is 66.4 Å². The number of para-hydroxylation sites is 1. The highest BCUT2D eigenvalue weighted by Gasteiger charge is 2.55. The van der Waals surface area contributed by atoms with Crippen LogP contribution in [0.2, 0.25) is 0 Å². The van der Waals surface area contributed by atoms with Crippen molar-refractivity contribution in [2.75, 3.05) is 5.32 Å². The van der Waals surface area contributed by atoms with Gasteiger partial charge in [-0.2, -0.15) is 0 Å². The zero-order valence-corrected chi connectivity index (χ0v) is 14.3. The summed E-state index contributed by atoms with van der Waals surface area (Å²) >= 11 is 0. The van der Waals surface area contributed by atoms with Crippen LogP contribution in [0.25, 0.3) is 0 Å². The summed E-state index contributed by atoms with van der Waals surface area (Å²) < 4.78 is 0. The maximum atomic E-state index is 3.52. The van der Waals surface area contributed by atoms with E-state index in [4.69, 9.17) is 0 Å². The second-order valence-electron chi connectivity index (χ2n) is 8.09. The number of hydrogen-bond acceptors (Lipinski definition) is 1. The summed E-state index contributed by atoms with van der Waals surface area (Å²) in [5.41, 5.74) is 2.89. The Bertz CT molecular complexity index is 668. The van der Waals surface area contributed by atoms with Crippen LogP contribution < -0.4 is 5.32 Å². The van der Waals surface area contributed by atoms with Gasteiger partial charge in [0.25, 0.3) is 0 Å². The molecule has 23 heavy (non-hydrogen) atoms. The van der Waals surface area contributed by atoms with Crippen LogP contribution in [0.3, 0.4) is 0 Å². The van der Waals surface area contributed by atoms with Crippen LogP contribution in [0.15, 0.2) is 66.4 Å². The Balaban J connectivity index is 1.56. The first-order valence-corrected chi connectivity index (χ1v) is 9.00. The molecule has 0 saturated heterocycles. The fourth-order valence-corrected chi connectivity index (χ4v) is 5.14. The van der Waals surface area contributed by atoms with E-state index < -0.39 is 0 Å². The predicted octanol–water partition coefficient (Wildman–Crippen LogP) is 5.94. The van der Waals surface area contributed by atoms with Gasteiger partial charge in [0.05, 0.1) is 0 Å². The molecule has 3 aliphatic rings. The summed E-state index contributed by atoms with van der Waals surface area (Å²) in [6, 6.07) is 10.4. The lowest BCUT2D eigenvalue weighted by molar-refractivity contribution is 0.0848. The van der Waals surface area contributed by atoms with Crippen molar-refractivity contribution in [1.29, 1.82) is 0 Å². The van der Waals surface area contributed by atoms with Crippen molar-refractivity contribution in [1.82, 2.24) is 0 Å². The summed E-state index contributed by atoms with van der Waals surface area (Å²) in [6.07, 6.45) is 17.4. The zero-order valence-electron chi connectivity index (χ0n) is 14.3. The monoisotopic (exact) mass is 305 g/mol. The van der Waals surface area contributed by atoms with Gasteiger partial charge >= 0.3 is 0 Å². The normalized spacial score (nSPS) is 38.4. The lowest BCUT2D eigenvalue weighted by Gasteiger charge is -2.46. The molecule has 2 fully saturated rings. The number of allylic oxidation sites excluding steroid dienone is 5. The van der Waals surface area contributed by atoms with E-state index in [9.17, 15) is 0 Å². The van der Waals surface area contributed by atoms with Crippen LogP contribution in [-0.4, -0.2) is 0 Å². The number of nitrogens with one attached hydrogen (secondary N) is 1. The van der Waals surface area contributed by atoms with Crippen molar-refractivity contribution < 1.29 is 0 Å². The molecule has 3 aliphatic carbocycles. The Hall–Kier alpha value is -1.76. The minimum atomic E-state index is 0.156. The standard InChI is InChI=1S/C22H27N/c1-21(22(2)16-17-10-11-18(22)15-17)13-6-9-20(12-14-21)23-19-7-4-3-5-8-19/h3-9,12-14,17-18,23H,10-11,15-16H2,1-2H3. The minimum Gasteiger partial charge on any atom is -0.356 e. The van der Waals surface area contributed by atoms with Crippen LogP contribution in [0.1, 0.15) is 39.5 Å². The van der Waals surface area contributed by atoms with Gasteiger partial charge in [0.15, 0.2) is 0 Å². The molecule has 2 saturated carbocycles. The number of rotatable bonds is 3. The Morgan fingerprint density at radius 1 is 1.04 bits per heavy atom. The van der Waals surface area contributed by atoms with Crippen molar-refractivity contribution >= 4 is 5.69 Å². The first-order chi connectivity index (χ1) is 11.1. The Labute approximate surface area is 140 Å². The zero-order chi connectivity index (χ0) is 15.9. The maximum Gasteiger partial charge on any atom is 0.0384 e. The first kappa shape index (κ1) is 14.8. The highest BCUT2D eigenvalue weighted by molar-refractivity contribution is 5.52. The molecule has 1 aromatic rings. The van der Waals surface area contributed by atoms with Crippen LogP contribution in [0.5, 0.6) is 0 Å².